The Morgan fingerprint density at radius 3 is 1.39 bits per heavy atom. The van der Waals surface area contributed by atoms with Crippen LogP contribution in [0.2, 0.25) is 0 Å². The summed E-state index contributed by atoms with van der Waals surface area (Å²) in [4.78, 5) is 62.9. The number of halogens is 1. The summed E-state index contributed by atoms with van der Waals surface area (Å²) in [5.41, 5.74) is 1.04. The first-order chi connectivity index (χ1) is 27.5. The highest BCUT2D eigenvalue weighted by Gasteiger charge is 2.28. The van der Waals surface area contributed by atoms with E-state index in [4.69, 9.17) is 18.9 Å². The van der Waals surface area contributed by atoms with Crippen molar-refractivity contribution in [3.63, 3.8) is 0 Å². The zero-order valence-electron chi connectivity index (χ0n) is 38.9. The van der Waals surface area contributed by atoms with Crippen LogP contribution in [0.5, 0.6) is 0 Å². The van der Waals surface area contributed by atoms with Gasteiger partial charge in [0.05, 0.1) is 0 Å². The third kappa shape index (κ3) is 29.7. The van der Waals surface area contributed by atoms with Crippen molar-refractivity contribution in [2.24, 2.45) is 11.8 Å². The van der Waals surface area contributed by atoms with Gasteiger partial charge >= 0.3 is 24.1 Å². The van der Waals surface area contributed by atoms with Crippen molar-refractivity contribution in [3.05, 3.63) is 71.8 Å². The number of benzene rings is 2. The van der Waals surface area contributed by atoms with Gasteiger partial charge in [0.15, 0.2) is 0 Å². The van der Waals surface area contributed by atoms with Crippen molar-refractivity contribution >= 4 is 42.8 Å². The normalized spacial score (nSPS) is 11.8. The molecule has 0 aromatic heterocycles. The molecule has 2 aromatic rings. The smallest absolute Gasteiger partial charge is 0.410 e. The first kappa shape index (κ1) is 61.1. The summed E-state index contributed by atoms with van der Waals surface area (Å²) in [6.07, 6.45) is 3.07. The lowest BCUT2D eigenvalue weighted by Crippen LogP contribution is -2.44. The molecule has 61 heavy (non-hydrogen) atoms. The molecule has 13 nitrogen and oxygen atoms in total. The summed E-state index contributed by atoms with van der Waals surface area (Å²) in [7, 11) is 7.13. The number of rotatable bonds is 19. The number of hydrogen-bond acceptors (Lipinski definition) is 11. The summed E-state index contributed by atoms with van der Waals surface area (Å²) in [6, 6.07) is 18.9. The average Bonchev–Trinajstić information content (AvgIpc) is 3.15. The van der Waals surface area contributed by atoms with Gasteiger partial charge < -0.3 is 38.9 Å². The molecule has 0 saturated heterocycles. The number of aldehydes is 1. The van der Waals surface area contributed by atoms with Crippen molar-refractivity contribution < 1.29 is 42.9 Å². The lowest BCUT2D eigenvalue weighted by Gasteiger charge is -2.29. The number of esters is 2. The number of unbranched alkanes of at least 4 members (excludes halogenated alkanes) is 2. The van der Waals surface area contributed by atoms with Crippen molar-refractivity contribution in [3.8, 4) is 0 Å². The van der Waals surface area contributed by atoms with Gasteiger partial charge in [0.2, 0.25) is 0 Å². The number of carbonyl (C=O) groups is 5. The number of ether oxygens (including phenoxy) is 4. The van der Waals surface area contributed by atoms with Crippen LogP contribution in [-0.2, 0) is 46.5 Å². The van der Waals surface area contributed by atoms with E-state index >= 15 is 0 Å². The fraction of sp³-hybridized carbons (Fsp3) is 0.638. The summed E-state index contributed by atoms with van der Waals surface area (Å²) in [5, 5.41) is 2.96. The second kappa shape index (κ2) is 32.5. The summed E-state index contributed by atoms with van der Waals surface area (Å²) >= 11 is 0. The van der Waals surface area contributed by atoms with Crippen LogP contribution in [0.25, 0.3) is 0 Å². The highest BCUT2D eigenvalue weighted by molar-refractivity contribution is 5.85. The Kier molecular flexibility index (Phi) is 32.6. The quantitative estimate of drug-likeness (QED) is 0.0624. The van der Waals surface area contributed by atoms with E-state index < -0.39 is 11.2 Å². The second-order valence-corrected chi connectivity index (χ2v) is 17.2. The number of amides is 2. The van der Waals surface area contributed by atoms with Crippen molar-refractivity contribution in [2.75, 3.05) is 47.8 Å². The molecule has 0 aliphatic heterocycles. The Hall–Kier alpha value is -4.20. The number of hydrogen-bond donors (Lipinski definition) is 1. The Balaban J connectivity index is -0.000000892. The van der Waals surface area contributed by atoms with Gasteiger partial charge in [0, 0.05) is 33.6 Å². The summed E-state index contributed by atoms with van der Waals surface area (Å²) < 4.78 is 21.3. The maximum Gasteiger partial charge on any atom is 0.410 e. The van der Waals surface area contributed by atoms with Crippen LogP contribution in [0.4, 0.5) is 9.59 Å². The van der Waals surface area contributed by atoms with Crippen molar-refractivity contribution in [2.45, 2.75) is 139 Å². The maximum absolute atomic E-state index is 12.6. The topological polar surface area (TPSA) is 144 Å². The largest absolute Gasteiger partial charge is 0.460 e. The lowest BCUT2D eigenvalue weighted by atomic mass is 10.0. The Labute approximate surface area is 375 Å². The van der Waals surface area contributed by atoms with Gasteiger partial charge in [0.25, 0.3) is 0 Å². The standard InChI is InChI=1S/C23H38N2O4.C13H19NO2.C10H19NO3.CH4.ClH/c1-18(2)20(21(26)28-17-19-13-9-8-10-14-19)24(6)15-11-12-16-25(7)22(27)29-23(3,4)5;1-10(2)12(14-3)13(15)16-9-11-7-5-4-6-8-11;1-10(2,3)14-9(13)11(4)7-5-6-8-12;;/h8-10,13-14,18,20H,11-12,15-17H2,1-7H3;4-8,10,12,14H,9H2,1-3H3;8H,5-7H2,1-4H3;1H4;1H/t20-;12-;;;/m00.../s1. The average molecular weight is 882 g/mol. The molecular weight excluding hydrogens is 800 g/mol. The SMILES string of the molecule is C.CC(C)[C@@H](C(=O)OCc1ccccc1)N(C)CCCCN(C)C(=O)OC(C)(C)C.CN(CCCC=O)C(=O)OC(C)(C)C.CN[C@H](C(=O)OCc1ccccc1)C(C)C.Cl. The van der Waals surface area contributed by atoms with Gasteiger partial charge in [-0.1, -0.05) is 95.8 Å². The molecule has 1 N–H and O–H groups in total. The van der Waals surface area contributed by atoms with E-state index in [1.807, 2.05) is 142 Å². The van der Waals surface area contributed by atoms with Gasteiger partial charge in [-0.05, 0) is 104 Å². The molecular formula is C47H81ClN4O9. The molecule has 0 spiro atoms. The molecule has 0 heterocycles. The molecule has 2 atom stereocenters. The summed E-state index contributed by atoms with van der Waals surface area (Å²) in [5.74, 6) is -0.0143. The van der Waals surface area contributed by atoms with E-state index in [9.17, 15) is 24.0 Å². The van der Waals surface area contributed by atoms with Crippen LogP contribution in [0.3, 0.4) is 0 Å². The van der Waals surface area contributed by atoms with Crippen LogP contribution in [0.1, 0.15) is 113 Å². The van der Waals surface area contributed by atoms with Gasteiger partial charge in [-0.25, -0.2) is 9.59 Å². The molecule has 0 saturated carbocycles. The minimum absolute atomic E-state index is 0. The van der Waals surface area contributed by atoms with Gasteiger partial charge in [-0.2, -0.15) is 0 Å². The highest BCUT2D eigenvalue weighted by Crippen LogP contribution is 2.15. The van der Waals surface area contributed by atoms with E-state index in [1.165, 1.54) is 4.90 Å². The molecule has 2 aromatic carbocycles. The Morgan fingerprint density at radius 2 is 1.03 bits per heavy atom. The van der Waals surface area contributed by atoms with Gasteiger partial charge in [0.1, 0.15) is 42.8 Å². The fourth-order valence-corrected chi connectivity index (χ4v) is 5.44. The first-order valence-electron chi connectivity index (χ1n) is 20.6. The van der Waals surface area contributed by atoms with Crippen molar-refractivity contribution in [1.82, 2.24) is 20.0 Å². The van der Waals surface area contributed by atoms with Crippen LogP contribution < -0.4 is 5.32 Å². The number of nitrogens with one attached hydrogen (secondary N) is 1. The fourth-order valence-electron chi connectivity index (χ4n) is 5.44. The van der Waals surface area contributed by atoms with Crippen LogP contribution >= 0.6 is 12.4 Å². The van der Waals surface area contributed by atoms with Gasteiger partial charge in [-0.3, -0.25) is 14.5 Å². The molecule has 2 amide bonds. The molecule has 0 radical (unpaired) electrons. The first-order valence-corrected chi connectivity index (χ1v) is 20.6. The molecule has 0 aliphatic carbocycles. The lowest BCUT2D eigenvalue weighted by molar-refractivity contribution is -0.152. The second-order valence-electron chi connectivity index (χ2n) is 17.2. The molecule has 0 unspecified atom stereocenters. The van der Waals surface area contributed by atoms with Crippen LogP contribution in [-0.4, -0.2) is 116 Å². The molecule has 14 heteroatoms. The summed E-state index contributed by atoms with van der Waals surface area (Å²) in [6.45, 7) is 21.6. The molecule has 350 valence electrons. The molecule has 0 bridgehead atoms. The Morgan fingerprint density at radius 1 is 0.639 bits per heavy atom. The number of carbonyl (C=O) groups excluding carboxylic acids is 5. The predicted molar refractivity (Wildman–Crippen MR) is 248 cm³/mol. The molecule has 2 rings (SSSR count). The van der Waals surface area contributed by atoms with Crippen LogP contribution in [0, 0.1) is 11.8 Å². The number of likely N-dealkylation sites (N-methyl/N-ethyl adjacent to an activating group) is 2. The maximum atomic E-state index is 12.6. The van der Waals surface area contributed by atoms with Crippen molar-refractivity contribution in [1.29, 1.82) is 0 Å². The highest BCUT2D eigenvalue weighted by atomic mass is 35.5. The zero-order chi connectivity index (χ0) is 45.2. The third-order valence-corrected chi connectivity index (χ3v) is 8.51. The monoisotopic (exact) mass is 881 g/mol. The van der Waals surface area contributed by atoms with E-state index in [-0.39, 0.29) is 74.5 Å². The number of nitrogens with zero attached hydrogens (tertiary/aromatic N) is 3. The van der Waals surface area contributed by atoms with E-state index in [1.54, 1.807) is 26.0 Å². The van der Waals surface area contributed by atoms with Gasteiger partial charge in [-0.15, -0.1) is 12.4 Å². The van der Waals surface area contributed by atoms with Crippen LogP contribution in [0.15, 0.2) is 60.7 Å². The van der Waals surface area contributed by atoms with E-state index in [0.717, 1.165) is 36.8 Å². The van der Waals surface area contributed by atoms with E-state index in [0.29, 0.717) is 32.5 Å². The molecule has 0 aliphatic rings. The predicted octanol–water partition coefficient (Wildman–Crippen LogP) is 9.20. The van der Waals surface area contributed by atoms with E-state index in [2.05, 4.69) is 5.32 Å². The zero-order valence-corrected chi connectivity index (χ0v) is 39.8. The minimum atomic E-state index is -0.490. The third-order valence-electron chi connectivity index (χ3n) is 8.51. The molecule has 0 fully saturated rings. The minimum Gasteiger partial charge on any atom is -0.460 e. The Bertz CT molecular complexity index is 1480.